The predicted molar refractivity (Wildman–Crippen MR) is 101 cm³/mol. The summed E-state index contributed by atoms with van der Waals surface area (Å²) in [4.78, 5) is 12.4. The summed E-state index contributed by atoms with van der Waals surface area (Å²) in [7, 11) is 0. The average Bonchev–Trinajstić information content (AvgIpc) is 3.19. The van der Waals surface area contributed by atoms with Crippen LogP contribution in [0.15, 0.2) is 42.0 Å². The number of carbonyl (C=O) groups is 1. The van der Waals surface area contributed by atoms with Gasteiger partial charge in [-0.25, -0.2) is 0 Å². The van der Waals surface area contributed by atoms with Gasteiger partial charge >= 0.3 is 0 Å². The van der Waals surface area contributed by atoms with Gasteiger partial charge in [-0.05, 0) is 42.9 Å². The number of carbonyl (C=O) groups excluding carboxylic acids is 1. The van der Waals surface area contributed by atoms with E-state index in [1.54, 1.807) is 6.08 Å². The highest BCUT2D eigenvalue weighted by atomic mass is 16.5. The molecule has 5 nitrogen and oxygen atoms in total. The van der Waals surface area contributed by atoms with E-state index in [2.05, 4.69) is 5.32 Å². The fourth-order valence-corrected chi connectivity index (χ4v) is 3.11. The van der Waals surface area contributed by atoms with E-state index in [4.69, 9.17) is 9.47 Å². The second-order valence-corrected chi connectivity index (χ2v) is 6.15. The molecule has 134 valence electrons. The number of nitriles is 1. The van der Waals surface area contributed by atoms with Crippen LogP contribution in [0, 0.1) is 11.3 Å². The number of fused-ring (bicyclic) bond motifs is 1. The van der Waals surface area contributed by atoms with E-state index in [0.29, 0.717) is 13.2 Å². The Labute approximate surface area is 153 Å². The summed E-state index contributed by atoms with van der Waals surface area (Å²) < 4.78 is 11.2. The molecule has 0 saturated carbocycles. The van der Waals surface area contributed by atoms with Crippen LogP contribution >= 0.6 is 0 Å². The molecule has 0 bridgehead atoms. The smallest absolute Gasteiger partial charge is 0.262 e. The maximum atomic E-state index is 12.4. The van der Waals surface area contributed by atoms with Crippen molar-refractivity contribution in [3.05, 3.63) is 47.5 Å². The second kappa shape index (κ2) is 8.50. The summed E-state index contributed by atoms with van der Waals surface area (Å²) in [5.74, 6) is 0.419. The van der Waals surface area contributed by atoms with Crippen LogP contribution in [0.2, 0.25) is 0 Å². The molecular weight excluding hydrogens is 328 g/mol. The van der Waals surface area contributed by atoms with Crippen molar-refractivity contribution in [1.82, 2.24) is 5.32 Å². The fourth-order valence-electron chi connectivity index (χ4n) is 3.11. The van der Waals surface area contributed by atoms with Crippen LogP contribution in [0.25, 0.3) is 16.8 Å². The molecule has 1 aliphatic rings. The van der Waals surface area contributed by atoms with Crippen molar-refractivity contribution >= 4 is 22.8 Å². The van der Waals surface area contributed by atoms with Gasteiger partial charge in [0.2, 0.25) is 0 Å². The molecule has 3 rings (SSSR count). The summed E-state index contributed by atoms with van der Waals surface area (Å²) in [6.07, 6.45) is 3.63. The van der Waals surface area contributed by atoms with Crippen LogP contribution in [0.3, 0.4) is 0 Å². The number of hydrogen-bond acceptors (Lipinski definition) is 4. The summed E-state index contributed by atoms with van der Waals surface area (Å²) in [6.45, 7) is 3.69. The molecule has 0 aromatic heterocycles. The zero-order chi connectivity index (χ0) is 18.4. The van der Waals surface area contributed by atoms with E-state index in [1.807, 2.05) is 49.4 Å². The highest BCUT2D eigenvalue weighted by Crippen LogP contribution is 2.29. The Kier molecular flexibility index (Phi) is 5.88. The lowest BCUT2D eigenvalue weighted by Crippen LogP contribution is -2.32. The van der Waals surface area contributed by atoms with E-state index < -0.39 is 0 Å². The summed E-state index contributed by atoms with van der Waals surface area (Å²) in [5, 5.41) is 14.1. The number of benzene rings is 2. The molecule has 1 aliphatic heterocycles. The Morgan fingerprint density at radius 2 is 2.15 bits per heavy atom. The third kappa shape index (κ3) is 4.04. The number of nitrogens with one attached hydrogen (secondary N) is 1. The van der Waals surface area contributed by atoms with Crippen molar-refractivity contribution < 1.29 is 14.3 Å². The standard InChI is InChI=1S/C21H22N2O3/c1-2-25-20-10-9-15(18-7-3-4-8-19(18)20)12-16(13-22)21(24)23-14-17-6-5-11-26-17/h3-4,7-10,12,17H,2,5-6,11,14H2,1H3,(H,23,24)/b16-12+/t17-/m0/s1. The van der Waals surface area contributed by atoms with Gasteiger partial charge in [0.15, 0.2) is 0 Å². The first-order chi connectivity index (χ1) is 12.7. The quantitative estimate of drug-likeness (QED) is 0.640. The van der Waals surface area contributed by atoms with Gasteiger partial charge in [-0.1, -0.05) is 30.3 Å². The molecular formula is C21H22N2O3. The first kappa shape index (κ1) is 18.0. The number of ether oxygens (including phenoxy) is 2. The third-order valence-corrected chi connectivity index (χ3v) is 4.40. The molecule has 0 spiro atoms. The first-order valence-corrected chi connectivity index (χ1v) is 8.89. The van der Waals surface area contributed by atoms with Gasteiger partial charge in [-0.3, -0.25) is 4.79 Å². The van der Waals surface area contributed by atoms with Gasteiger partial charge in [0.1, 0.15) is 17.4 Å². The zero-order valence-corrected chi connectivity index (χ0v) is 14.8. The number of amides is 1. The molecule has 1 amide bonds. The Hall–Kier alpha value is -2.84. The second-order valence-electron chi connectivity index (χ2n) is 6.15. The zero-order valence-electron chi connectivity index (χ0n) is 14.8. The van der Waals surface area contributed by atoms with Crippen LogP contribution in [-0.4, -0.2) is 31.8 Å². The van der Waals surface area contributed by atoms with Crippen LogP contribution in [-0.2, 0) is 9.53 Å². The Morgan fingerprint density at radius 3 is 2.85 bits per heavy atom. The maximum absolute atomic E-state index is 12.4. The van der Waals surface area contributed by atoms with Crippen molar-refractivity contribution in [2.24, 2.45) is 0 Å². The highest BCUT2D eigenvalue weighted by Gasteiger charge is 2.18. The lowest BCUT2D eigenvalue weighted by molar-refractivity contribution is -0.117. The largest absolute Gasteiger partial charge is 0.493 e. The maximum Gasteiger partial charge on any atom is 0.262 e. The molecule has 1 fully saturated rings. The summed E-state index contributed by atoms with van der Waals surface area (Å²) >= 11 is 0. The summed E-state index contributed by atoms with van der Waals surface area (Å²) in [6, 6.07) is 13.6. The molecule has 5 heteroatoms. The van der Waals surface area contributed by atoms with Crippen molar-refractivity contribution in [2.75, 3.05) is 19.8 Å². The predicted octanol–water partition coefficient (Wildman–Crippen LogP) is 3.44. The van der Waals surface area contributed by atoms with Crippen molar-refractivity contribution in [3.63, 3.8) is 0 Å². The topological polar surface area (TPSA) is 71.3 Å². The summed E-state index contributed by atoms with van der Waals surface area (Å²) in [5.41, 5.74) is 0.894. The third-order valence-electron chi connectivity index (χ3n) is 4.40. The minimum atomic E-state index is -0.374. The molecule has 26 heavy (non-hydrogen) atoms. The molecule has 1 heterocycles. The Morgan fingerprint density at radius 1 is 1.35 bits per heavy atom. The van der Waals surface area contributed by atoms with Crippen molar-refractivity contribution in [2.45, 2.75) is 25.9 Å². The minimum Gasteiger partial charge on any atom is -0.493 e. The van der Waals surface area contributed by atoms with Gasteiger partial charge in [0, 0.05) is 18.5 Å². The molecule has 1 saturated heterocycles. The number of rotatable bonds is 6. The monoisotopic (exact) mass is 350 g/mol. The SMILES string of the molecule is CCOc1ccc(/C=C(\C#N)C(=O)NC[C@@H]2CCCO2)c2ccccc12. The van der Waals surface area contributed by atoms with Crippen LogP contribution < -0.4 is 10.1 Å². The number of nitrogens with zero attached hydrogens (tertiary/aromatic N) is 1. The molecule has 0 unspecified atom stereocenters. The van der Waals surface area contributed by atoms with Gasteiger partial charge in [-0.2, -0.15) is 5.26 Å². The van der Waals surface area contributed by atoms with E-state index >= 15 is 0 Å². The van der Waals surface area contributed by atoms with E-state index in [9.17, 15) is 10.1 Å². The molecule has 1 atom stereocenters. The Bertz CT molecular complexity index is 861. The van der Waals surface area contributed by atoms with Crippen LogP contribution in [0.5, 0.6) is 5.75 Å². The lowest BCUT2D eigenvalue weighted by atomic mass is 10.0. The van der Waals surface area contributed by atoms with Crippen molar-refractivity contribution in [3.8, 4) is 11.8 Å². The normalized spacial score (nSPS) is 17.1. The van der Waals surface area contributed by atoms with E-state index in [0.717, 1.165) is 41.5 Å². The average molecular weight is 350 g/mol. The van der Waals surface area contributed by atoms with E-state index in [1.165, 1.54) is 0 Å². The van der Waals surface area contributed by atoms with Gasteiger partial charge in [0.05, 0.1) is 12.7 Å². The van der Waals surface area contributed by atoms with E-state index in [-0.39, 0.29) is 17.6 Å². The van der Waals surface area contributed by atoms with Gasteiger partial charge in [-0.15, -0.1) is 0 Å². The molecule has 2 aromatic rings. The van der Waals surface area contributed by atoms with Crippen LogP contribution in [0.4, 0.5) is 0 Å². The van der Waals surface area contributed by atoms with Gasteiger partial charge < -0.3 is 14.8 Å². The van der Waals surface area contributed by atoms with Gasteiger partial charge in [0.25, 0.3) is 5.91 Å². The Balaban J connectivity index is 1.85. The minimum absolute atomic E-state index is 0.0465. The molecule has 0 aliphatic carbocycles. The lowest BCUT2D eigenvalue weighted by Gasteiger charge is -2.11. The molecule has 2 aromatic carbocycles. The fraction of sp³-hybridized carbons (Fsp3) is 0.333. The molecule has 1 N–H and O–H groups in total. The number of hydrogen-bond donors (Lipinski definition) is 1. The van der Waals surface area contributed by atoms with Crippen molar-refractivity contribution in [1.29, 1.82) is 5.26 Å². The highest BCUT2D eigenvalue weighted by molar-refractivity contribution is 6.04. The first-order valence-electron chi connectivity index (χ1n) is 8.89. The molecule has 0 radical (unpaired) electrons. The van der Waals surface area contributed by atoms with Crippen LogP contribution in [0.1, 0.15) is 25.3 Å².